The molecule has 0 aromatic carbocycles. The van der Waals surface area contributed by atoms with Gasteiger partial charge in [-0.25, -0.2) is 0 Å². The fourth-order valence-corrected chi connectivity index (χ4v) is 2.76. The summed E-state index contributed by atoms with van der Waals surface area (Å²) >= 11 is 0. The maximum Gasteiger partial charge on any atom is 0.239 e. The molecule has 4 N–H and O–H groups in total. The molecule has 110 valence electrons. The second kappa shape index (κ2) is 8.15. The van der Waals surface area contributed by atoms with E-state index < -0.39 is 0 Å². The van der Waals surface area contributed by atoms with Crippen LogP contribution in [-0.4, -0.2) is 30.9 Å². The van der Waals surface area contributed by atoms with E-state index in [1.54, 1.807) is 0 Å². The zero-order chi connectivity index (χ0) is 14.3. The molecule has 0 aliphatic heterocycles. The lowest BCUT2D eigenvalue weighted by Crippen LogP contribution is -2.45. The van der Waals surface area contributed by atoms with Gasteiger partial charge in [-0.05, 0) is 18.8 Å². The fourth-order valence-electron chi connectivity index (χ4n) is 2.76. The molecule has 1 aliphatic rings. The van der Waals surface area contributed by atoms with Crippen LogP contribution < -0.4 is 16.4 Å². The lowest BCUT2D eigenvalue weighted by Gasteiger charge is -2.32. The van der Waals surface area contributed by atoms with Crippen LogP contribution in [0, 0.1) is 11.8 Å². The van der Waals surface area contributed by atoms with E-state index in [-0.39, 0.29) is 30.9 Å². The zero-order valence-corrected chi connectivity index (χ0v) is 12.1. The second-order valence-corrected chi connectivity index (χ2v) is 5.59. The van der Waals surface area contributed by atoms with Gasteiger partial charge in [-0.3, -0.25) is 9.59 Å². The van der Waals surface area contributed by atoms with Crippen molar-refractivity contribution in [2.45, 2.75) is 52.0 Å². The summed E-state index contributed by atoms with van der Waals surface area (Å²) in [5.41, 5.74) is 5.16. The molecule has 1 saturated carbocycles. The third-order valence-corrected chi connectivity index (χ3v) is 4.20. The van der Waals surface area contributed by atoms with Gasteiger partial charge >= 0.3 is 0 Å². The topological polar surface area (TPSA) is 84.2 Å². The van der Waals surface area contributed by atoms with Crippen LogP contribution >= 0.6 is 0 Å². The summed E-state index contributed by atoms with van der Waals surface area (Å²) in [6.07, 6.45) is 6.50. The molecule has 1 rings (SSSR count). The van der Waals surface area contributed by atoms with Crippen molar-refractivity contribution in [2.24, 2.45) is 17.6 Å². The molecule has 0 aromatic heterocycles. The van der Waals surface area contributed by atoms with Crippen molar-refractivity contribution >= 4 is 11.8 Å². The van der Waals surface area contributed by atoms with Crippen LogP contribution in [0.1, 0.15) is 46.0 Å². The summed E-state index contributed by atoms with van der Waals surface area (Å²) in [5, 5.41) is 5.44. The van der Waals surface area contributed by atoms with E-state index in [9.17, 15) is 9.59 Å². The van der Waals surface area contributed by atoms with Crippen molar-refractivity contribution in [3.8, 4) is 0 Å². The van der Waals surface area contributed by atoms with Crippen LogP contribution in [0.5, 0.6) is 0 Å². The maximum absolute atomic E-state index is 11.7. The van der Waals surface area contributed by atoms with Gasteiger partial charge in [0.05, 0.1) is 13.1 Å². The lowest BCUT2D eigenvalue weighted by atomic mass is 9.78. The minimum Gasteiger partial charge on any atom is -0.352 e. The molecule has 2 amide bonds. The summed E-state index contributed by atoms with van der Waals surface area (Å²) in [7, 11) is 0. The number of amides is 2. The molecule has 0 spiro atoms. The first-order valence-electron chi connectivity index (χ1n) is 7.30. The van der Waals surface area contributed by atoms with Crippen molar-refractivity contribution in [1.82, 2.24) is 10.6 Å². The molecular formula is C14H27N3O2. The molecule has 2 atom stereocenters. The van der Waals surface area contributed by atoms with Gasteiger partial charge in [0, 0.05) is 6.04 Å². The molecule has 0 radical (unpaired) electrons. The van der Waals surface area contributed by atoms with Gasteiger partial charge in [0.2, 0.25) is 11.8 Å². The van der Waals surface area contributed by atoms with Crippen molar-refractivity contribution in [3.05, 3.63) is 0 Å². The van der Waals surface area contributed by atoms with E-state index in [0.717, 1.165) is 0 Å². The van der Waals surface area contributed by atoms with E-state index in [1.165, 1.54) is 32.1 Å². The normalized spacial score (nSPS) is 19.5. The molecule has 19 heavy (non-hydrogen) atoms. The van der Waals surface area contributed by atoms with Crippen LogP contribution in [0.3, 0.4) is 0 Å². The summed E-state index contributed by atoms with van der Waals surface area (Å²) in [6.45, 7) is 4.18. The Kier molecular flexibility index (Phi) is 6.84. The molecule has 0 bridgehead atoms. The third-order valence-electron chi connectivity index (χ3n) is 4.20. The van der Waals surface area contributed by atoms with Gasteiger partial charge in [-0.1, -0.05) is 39.0 Å². The van der Waals surface area contributed by atoms with E-state index in [2.05, 4.69) is 17.6 Å². The Morgan fingerprint density at radius 3 is 2.37 bits per heavy atom. The fraction of sp³-hybridized carbons (Fsp3) is 0.857. The Morgan fingerprint density at radius 1 is 1.16 bits per heavy atom. The molecule has 5 nitrogen and oxygen atoms in total. The van der Waals surface area contributed by atoms with Gasteiger partial charge in [0.25, 0.3) is 0 Å². The highest BCUT2D eigenvalue weighted by atomic mass is 16.2. The first-order valence-corrected chi connectivity index (χ1v) is 7.30. The Morgan fingerprint density at radius 2 is 1.79 bits per heavy atom. The molecule has 1 aliphatic carbocycles. The van der Waals surface area contributed by atoms with E-state index in [1.807, 2.05) is 6.92 Å². The van der Waals surface area contributed by atoms with Gasteiger partial charge < -0.3 is 16.4 Å². The van der Waals surface area contributed by atoms with Crippen LogP contribution in [0.15, 0.2) is 0 Å². The second-order valence-electron chi connectivity index (χ2n) is 5.59. The third kappa shape index (κ3) is 5.59. The largest absolute Gasteiger partial charge is 0.352 e. The summed E-state index contributed by atoms with van der Waals surface area (Å²) in [4.78, 5) is 22.7. The maximum atomic E-state index is 11.7. The van der Waals surface area contributed by atoms with Crippen LogP contribution in [0.4, 0.5) is 0 Å². The quantitative estimate of drug-likeness (QED) is 0.666. The zero-order valence-electron chi connectivity index (χ0n) is 12.1. The number of hydrogen-bond donors (Lipinski definition) is 3. The van der Waals surface area contributed by atoms with Crippen LogP contribution in [0.2, 0.25) is 0 Å². The van der Waals surface area contributed by atoms with Gasteiger partial charge in [-0.15, -0.1) is 0 Å². The predicted octanol–water partition coefficient (Wildman–Crippen LogP) is 0.782. The summed E-state index contributed by atoms with van der Waals surface area (Å²) in [5.74, 6) is 0.747. The molecule has 0 aromatic rings. The number of carbonyl (C=O) groups is 2. The minimum atomic E-state index is -0.303. The number of nitrogens with two attached hydrogens (primary N) is 1. The van der Waals surface area contributed by atoms with Crippen LogP contribution in [0.25, 0.3) is 0 Å². The predicted molar refractivity (Wildman–Crippen MR) is 75.4 cm³/mol. The lowest BCUT2D eigenvalue weighted by molar-refractivity contribution is -0.126. The minimum absolute atomic E-state index is 0.0117. The molecule has 1 fully saturated rings. The molecular weight excluding hydrogens is 242 g/mol. The van der Waals surface area contributed by atoms with Crippen molar-refractivity contribution < 1.29 is 9.59 Å². The first kappa shape index (κ1) is 16.0. The molecule has 2 unspecified atom stereocenters. The van der Waals surface area contributed by atoms with Crippen molar-refractivity contribution in [1.29, 1.82) is 0 Å². The number of carbonyl (C=O) groups excluding carboxylic acids is 2. The van der Waals surface area contributed by atoms with Gasteiger partial charge in [0.1, 0.15) is 0 Å². The Hall–Kier alpha value is -1.10. The van der Waals surface area contributed by atoms with Crippen molar-refractivity contribution in [3.63, 3.8) is 0 Å². The Bertz CT molecular complexity index is 301. The monoisotopic (exact) mass is 269 g/mol. The molecule has 0 saturated heterocycles. The SMILES string of the molecule is CC(NC(=O)CNC(=O)CN)C(C)C1CCCCC1. The summed E-state index contributed by atoms with van der Waals surface area (Å²) < 4.78 is 0. The van der Waals surface area contributed by atoms with E-state index in [0.29, 0.717) is 11.8 Å². The first-order chi connectivity index (χ1) is 9.04. The standard InChI is InChI=1S/C14H27N3O2/c1-10(12-6-4-3-5-7-12)11(2)17-14(19)9-16-13(18)8-15/h10-12H,3-9,15H2,1-2H3,(H,16,18)(H,17,19). The van der Waals surface area contributed by atoms with E-state index in [4.69, 9.17) is 5.73 Å². The highest BCUT2D eigenvalue weighted by molar-refractivity contribution is 5.85. The Labute approximate surface area is 115 Å². The summed E-state index contributed by atoms with van der Waals surface area (Å²) in [6, 6.07) is 0.144. The Balaban J connectivity index is 2.30. The highest BCUT2D eigenvalue weighted by Crippen LogP contribution is 2.31. The average Bonchev–Trinajstić information content (AvgIpc) is 2.44. The van der Waals surface area contributed by atoms with Gasteiger partial charge in [0.15, 0.2) is 0 Å². The number of rotatable bonds is 6. The van der Waals surface area contributed by atoms with Crippen LogP contribution in [-0.2, 0) is 9.59 Å². The van der Waals surface area contributed by atoms with Crippen molar-refractivity contribution in [2.75, 3.05) is 13.1 Å². The molecule has 5 heteroatoms. The van der Waals surface area contributed by atoms with E-state index >= 15 is 0 Å². The molecule has 0 heterocycles. The smallest absolute Gasteiger partial charge is 0.239 e. The number of hydrogen-bond acceptors (Lipinski definition) is 3. The van der Waals surface area contributed by atoms with Gasteiger partial charge in [-0.2, -0.15) is 0 Å². The average molecular weight is 269 g/mol. The number of nitrogens with one attached hydrogen (secondary N) is 2. The highest BCUT2D eigenvalue weighted by Gasteiger charge is 2.25.